The number of aliphatic hydroxyl groups excluding tert-OH is 1. The molecule has 5 nitrogen and oxygen atoms in total. The first-order chi connectivity index (χ1) is 20.4. The van der Waals surface area contributed by atoms with E-state index >= 15 is 8.78 Å². The molecule has 3 aromatic carbocycles. The van der Waals surface area contributed by atoms with Crippen LogP contribution in [-0.4, -0.2) is 30.4 Å². The van der Waals surface area contributed by atoms with Gasteiger partial charge in [0.25, 0.3) is 0 Å². The second kappa shape index (κ2) is 12.0. The molecule has 3 aromatic rings. The molecule has 1 aliphatic heterocycles. The fraction of sp³-hybridized carbons (Fsp3) is 0.424. The van der Waals surface area contributed by atoms with Crippen LogP contribution in [-0.2, 0) is 5.60 Å². The molecule has 1 saturated carbocycles. The minimum atomic E-state index is -3.33. The van der Waals surface area contributed by atoms with Crippen LogP contribution in [0.1, 0.15) is 69.1 Å². The van der Waals surface area contributed by atoms with Crippen molar-refractivity contribution in [2.75, 3.05) is 6.54 Å². The van der Waals surface area contributed by atoms with Crippen LogP contribution in [0.5, 0.6) is 11.5 Å². The minimum absolute atomic E-state index is 0.0996. The molecule has 0 spiro atoms. The summed E-state index contributed by atoms with van der Waals surface area (Å²) >= 11 is 6.60. The van der Waals surface area contributed by atoms with Gasteiger partial charge in [-0.3, -0.25) is 0 Å². The monoisotopic (exact) mass is 616 g/mol. The first-order valence-corrected chi connectivity index (χ1v) is 14.6. The summed E-state index contributed by atoms with van der Waals surface area (Å²) in [5.41, 5.74) is -1.38. The molecule has 0 unspecified atom stereocenters. The summed E-state index contributed by atoms with van der Waals surface area (Å²) in [6.45, 7) is 2.89. The summed E-state index contributed by atoms with van der Waals surface area (Å²) in [7, 11) is 0. The van der Waals surface area contributed by atoms with Crippen LogP contribution >= 0.6 is 11.6 Å². The number of nitriles is 1. The van der Waals surface area contributed by atoms with Crippen molar-refractivity contribution in [1.82, 2.24) is 5.32 Å². The van der Waals surface area contributed by atoms with E-state index in [1.54, 1.807) is 0 Å². The topological polar surface area (TPSA) is 74.5 Å². The van der Waals surface area contributed by atoms with Crippen molar-refractivity contribution >= 4 is 11.6 Å². The fourth-order valence-electron chi connectivity index (χ4n) is 6.70. The Kier molecular flexibility index (Phi) is 8.68. The molecule has 43 heavy (non-hydrogen) atoms. The van der Waals surface area contributed by atoms with E-state index in [1.807, 2.05) is 57.2 Å². The van der Waals surface area contributed by atoms with E-state index < -0.39 is 51.5 Å². The Morgan fingerprint density at radius 3 is 2.37 bits per heavy atom. The van der Waals surface area contributed by atoms with Crippen LogP contribution in [0.3, 0.4) is 0 Å². The molecule has 5 rings (SSSR count). The largest absolute Gasteiger partial charge is 0.480 e. The maximum absolute atomic E-state index is 16.0. The highest BCUT2D eigenvalue weighted by atomic mass is 35.5. The van der Waals surface area contributed by atoms with E-state index in [4.69, 9.17) is 16.3 Å². The number of halogens is 5. The van der Waals surface area contributed by atoms with Crippen LogP contribution in [0, 0.1) is 28.4 Å². The highest BCUT2D eigenvalue weighted by Gasteiger charge is 2.56. The molecule has 0 aromatic heterocycles. The lowest BCUT2D eigenvalue weighted by Crippen LogP contribution is -2.51. The SMILES string of the molecule is CC(C)(C)[C@H]1c2c(cc(F)c(Cl)c2-c2c(C#N)ccc(OC(F)F)c2F)O[C@]1(CNC1CCC(O)CC1)c1ccccc1. The Hall–Kier alpha value is -3.32. The molecule has 2 N–H and O–H groups in total. The van der Waals surface area contributed by atoms with E-state index in [2.05, 4.69) is 10.1 Å². The van der Waals surface area contributed by atoms with Gasteiger partial charge in [-0.05, 0) is 48.8 Å². The van der Waals surface area contributed by atoms with E-state index in [0.717, 1.165) is 36.6 Å². The number of aliphatic hydroxyl groups is 1. The van der Waals surface area contributed by atoms with Gasteiger partial charge in [0.15, 0.2) is 17.2 Å². The van der Waals surface area contributed by atoms with Gasteiger partial charge in [0.1, 0.15) is 11.6 Å². The number of fused-ring (bicyclic) bond motifs is 1. The van der Waals surface area contributed by atoms with Gasteiger partial charge in [-0.15, -0.1) is 0 Å². The lowest BCUT2D eigenvalue weighted by molar-refractivity contribution is -0.0521. The molecule has 0 bridgehead atoms. The Balaban J connectivity index is 1.76. The zero-order valence-electron chi connectivity index (χ0n) is 24.1. The Bertz CT molecular complexity index is 1530. The lowest BCUT2D eigenvalue weighted by Gasteiger charge is -2.43. The van der Waals surface area contributed by atoms with Crippen molar-refractivity contribution in [1.29, 1.82) is 5.26 Å². The molecule has 10 heteroatoms. The van der Waals surface area contributed by atoms with Crippen molar-refractivity contribution < 1.29 is 32.1 Å². The molecule has 0 saturated heterocycles. The maximum atomic E-state index is 16.0. The molecular formula is C33H33ClF4N2O3. The third-order valence-electron chi connectivity index (χ3n) is 8.44. The number of rotatable bonds is 7. The average Bonchev–Trinajstić information content (AvgIpc) is 3.30. The van der Waals surface area contributed by atoms with Crippen LogP contribution in [0.15, 0.2) is 48.5 Å². The number of nitrogens with one attached hydrogen (secondary N) is 1. The molecule has 2 aliphatic rings. The van der Waals surface area contributed by atoms with E-state index in [-0.39, 0.29) is 35.6 Å². The zero-order valence-corrected chi connectivity index (χ0v) is 24.8. The van der Waals surface area contributed by atoms with Crippen LogP contribution < -0.4 is 14.8 Å². The summed E-state index contributed by atoms with van der Waals surface area (Å²) in [6, 6.07) is 14.7. The quantitative estimate of drug-likeness (QED) is 0.263. The Morgan fingerprint density at radius 1 is 1.09 bits per heavy atom. The van der Waals surface area contributed by atoms with Crippen molar-refractivity contribution in [3.63, 3.8) is 0 Å². The summed E-state index contributed by atoms with van der Waals surface area (Å²) in [5, 5.41) is 23.1. The molecule has 1 heterocycles. The van der Waals surface area contributed by atoms with Crippen LogP contribution in [0.25, 0.3) is 11.1 Å². The summed E-state index contributed by atoms with van der Waals surface area (Å²) in [5.74, 6) is -3.43. The first-order valence-electron chi connectivity index (χ1n) is 14.2. The van der Waals surface area contributed by atoms with E-state index in [0.29, 0.717) is 18.4 Å². The number of alkyl halides is 2. The van der Waals surface area contributed by atoms with Crippen LogP contribution in [0.4, 0.5) is 17.6 Å². The summed E-state index contributed by atoms with van der Waals surface area (Å²) in [6.07, 6.45) is 2.52. The molecule has 0 amide bonds. The average molecular weight is 617 g/mol. The van der Waals surface area contributed by atoms with Gasteiger partial charge in [0.05, 0.1) is 22.8 Å². The summed E-state index contributed by atoms with van der Waals surface area (Å²) in [4.78, 5) is 0. The maximum Gasteiger partial charge on any atom is 0.387 e. The van der Waals surface area contributed by atoms with E-state index in [9.17, 15) is 19.1 Å². The number of benzene rings is 3. The van der Waals surface area contributed by atoms with Crippen molar-refractivity contribution in [3.05, 3.63) is 81.9 Å². The molecule has 0 radical (unpaired) electrons. The van der Waals surface area contributed by atoms with E-state index in [1.165, 1.54) is 0 Å². The second-order valence-electron chi connectivity index (χ2n) is 12.3. The highest BCUT2D eigenvalue weighted by Crippen LogP contribution is 2.61. The molecular weight excluding hydrogens is 584 g/mol. The third kappa shape index (κ3) is 5.81. The lowest BCUT2D eigenvalue weighted by atomic mass is 9.64. The Labute approximate surface area is 253 Å². The Morgan fingerprint density at radius 2 is 1.77 bits per heavy atom. The highest BCUT2D eigenvalue weighted by molar-refractivity contribution is 6.34. The van der Waals surface area contributed by atoms with Gasteiger partial charge in [-0.25, -0.2) is 8.78 Å². The van der Waals surface area contributed by atoms with Gasteiger partial charge in [0, 0.05) is 41.3 Å². The second-order valence-corrected chi connectivity index (χ2v) is 12.7. The van der Waals surface area contributed by atoms with Gasteiger partial charge < -0.3 is 19.9 Å². The van der Waals surface area contributed by atoms with Crippen molar-refractivity contribution in [3.8, 4) is 28.7 Å². The van der Waals surface area contributed by atoms with Gasteiger partial charge in [-0.1, -0.05) is 62.7 Å². The molecule has 2 atom stereocenters. The predicted molar refractivity (Wildman–Crippen MR) is 155 cm³/mol. The third-order valence-corrected chi connectivity index (χ3v) is 8.81. The van der Waals surface area contributed by atoms with Crippen LogP contribution in [0.2, 0.25) is 5.02 Å². The minimum Gasteiger partial charge on any atom is -0.480 e. The molecule has 1 fully saturated rings. The van der Waals surface area contributed by atoms with Gasteiger partial charge in [-0.2, -0.15) is 14.0 Å². The number of hydrogen-bond acceptors (Lipinski definition) is 5. The molecule has 228 valence electrons. The summed E-state index contributed by atoms with van der Waals surface area (Å²) < 4.78 is 69.1. The smallest absolute Gasteiger partial charge is 0.387 e. The number of ether oxygens (including phenoxy) is 2. The number of hydrogen-bond donors (Lipinski definition) is 2. The molecule has 1 aliphatic carbocycles. The normalized spacial score (nSPS) is 23.5. The van der Waals surface area contributed by atoms with Crippen molar-refractivity contribution in [2.24, 2.45) is 5.41 Å². The van der Waals surface area contributed by atoms with Crippen molar-refractivity contribution in [2.45, 2.75) is 76.7 Å². The fourth-order valence-corrected chi connectivity index (χ4v) is 6.95. The standard InChI is InChI=1S/C33H33ClF4N2O3/c1-32(2,3)30-26-24(43-33(30,19-7-5-4-6-8-19)17-40-20-10-12-21(41)13-11-20)15-22(35)28(34)27(26)25-18(16-39)9-14-23(29(25)36)42-31(37)38/h4-9,14-15,20-21,30-31,40-41H,10-13,17H2,1-3H3/t20?,21?,30-,33-/m1/s1. The van der Waals surface area contributed by atoms with Gasteiger partial charge in [0.2, 0.25) is 0 Å². The number of nitrogens with zero attached hydrogens (tertiary/aromatic N) is 1. The van der Waals surface area contributed by atoms with Gasteiger partial charge >= 0.3 is 6.61 Å². The predicted octanol–water partition coefficient (Wildman–Crippen LogP) is 8.07. The zero-order chi connectivity index (χ0) is 31.1. The first kappa shape index (κ1) is 31.1.